The van der Waals surface area contributed by atoms with Crippen LogP contribution in [-0.4, -0.2) is 41.4 Å². The molecule has 8 nitrogen and oxygen atoms in total. The molecular weight excluding hydrogens is 368 g/mol. The Bertz CT molecular complexity index is 883. The van der Waals surface area contributed by atoms with E-state index >= 15 is 0 Å². The zero-order valence-electron chi connectivity index (χ0n) is 16.6. The minimum absolute atomic E-state index is 0.00994. The highest BCUT2D eigenvalue weighted by Crippen LogP contribution is 2.23. The van der Waals surface area contributed by atoms with E-state index in [-0.39, 0.29) is 17.7 Å². The molecule has 2 aromatic rings. The van der Waals surface area contributed by atoms with Gasteiger partial charge in [0.15, 0.2) is 0 Å². The molecule has 3 heterocycles. The number of aromatic nitrogens is 2. The molecule has 2 aliphatic heterocycles. The van der Waals surface area contributed by atoms with Gasteiger partial charge in [-0.05, 0) is 50.5 Å². The van der Waals surface area contributed by atoms with Crippen molar-refractivity contribution < 1.29 is 9.59 Å². The maximum atomic E-state index is 12.3. The minimum atomic E-state index is -0.185. The smallest absolute Gasteiger partial charge is 0.229 e. The van der Waals surface area contributed by atoms with Gasteiger partial charge in [0.2, 0.25) is 17.8 Å². The third kappa shape index (κ3) is 4.82. The topological polar surface area (TPSA) is 99.3 Å². The first-order chi connectivity index (χ1) is 14.1. The van der Waals surface area contributed by atoms with Crippen LogP contribution < -0.4 is 20.9 Å². The molecule has 152 valence electrons. The molecule has 2 fully saturated rings. The molecule has 0 radical (unpaired) electrons. The van der Waals surface area contributed by atoms with Crippen LogP contribution in [0.1, 0.15) is 31.4 Å². The summed E-state index contributed by atoms with van der Waals surface area (Å²) >= 11 is 0. The molecule has 4 rings (SSSR count). The molecule has 2 saturated heterocycles. The Kier molecular flexibility index (Phi) is 5.59. The van der Waals surface area contributed by atoms with Gasteiger partial charge >= 0.3 is 0 Å². The third-order valence-corrected chi connectivity index (χ3v) is 5.32. The maximum Gasteiger partial charge on any atom is 0.229 e. The lowest BCUT2D eigenvalue weighted by atomic mass is 9.98. The van der Waals surface area contributed by atoms with Crippen LogP contribution in [0.2, 0.25) is 0 Å². The van der Waals surface area contributed by atoms with Gasteiger partial charge in [-0.3, -0.25) is 9.59 Å². The van der Waals surface area contributed by atoms with Gasteiger partial charge in [-0.2, -0.15) is 4.98 Å². The molecule has 0 bridgehead atoms. The van der Waals surface area contributed by atoms with E-state index in [9.17, 15) is 9.59 Å². The number of piperidine rings is 1. The standard InChI is InChI=1S/C21H26N6O2/c1-14-12-18(27-10-2-3-11-27)26-21(23-14)25-17-7-5-16(6-8-17)24-20(29)15-4-9-19(28)22-13-15/h5-8,12,15H,2-4,9-11,13H2,1H3,(H,22,28)(H,24,29)(H,23,25,26)/t15-/m0/s1. The first kappa shape index (κ1) is 19.2. The maximum absolute atomic E-state index is 12.3. The summed E-state index contributed by atoms with van der Waals surface area (Å²) in [6.07, 6.45) is 3.39. The number of amides is 2. The molecule has 0 spiro atoms. The van der Waals surface area contributed by atoms with Crippen LogP contribution in [0.15, 0.2) is 30.3 Å². The highest BCUT2D eigenvalue weighted by atomic mass is 16.2. The SMILES string of the molecule is Cc1cc(N2CCCC2)nc(Nc2ccc(NC(=O)[C@H]3CCC(=O)NC3)cc2)n1. The number of carbonyl (C=O) groups is 2. The second-order valence-corrected chi connectivity index (χ2v) is 7.62. The number of aryl methyl sites for hydroxylation is 1. The Morgan fingerprint density at radius 1 is 1.14 bits per heavy atom. The number of nitrogens with zero attached hydrogens (tertiary/aromatic N) is 3. The summed E-state index contributed by atoms with van der Waals surface area (Å²) in [5.74, 6) is 1.29. The quantitative estimate of drug-likeness (QED) is 0.721. The van der Waals surface area contributed by atoms with Gasteiger partial charge in [-0.25, -0.2) is 4.98 Å². The highest BCUT2D eigenvalue weighted by molar-refractivity contribution is 5.94. The fourth-order valence-electron chi connectivity index (χ4n) is 3.68. The van der Waals surface area contributed by atoms with Gasteiger partial charge in [0.25, 0.3) is 0 Å². The second kappa shape index (κ2) is 8.46. The molecule has 1 aromatic carbocycles. The summed E-state index contributed by atoms with van der Waals surface area (Å²) in [5, 5.41) is 8.90. The molecule has 0 saturated carbocycles. The van der Waals surface area contributed by atoms with Crippen molar-refractivity contribution in [2.24, 2.45) is 5.92 Å². The average molecular weight is 394 g/mol. The van der Waals surface area contributed by atoms with Crippen molar-refractivity contribution in [3.63, 3.8) is 0 Å². The highest BCUT2D eigenvalue weighted by Gasteiger charge is 2.24. The predicted octanol–water partition coefficient (Wildman–Crippen LogP) is 2.59. The van der Waals surface area contributed by atoms with E-state index in [0.29, 0.717) is 25.3 Å². The summed E-state index contributed by atoms with van der Waals surface area (Å²) in [7, 11) is 0. The molecule has 0 aliphatic carbocycles. The summed E-state index contributed by atoms with van der Waals surface area (Å²) in [4.78, 5) is 35.0. The van der Waals surface area contributed by atoms with Crippen molar-refractivity contribution in [2.45, 2.75) is 32.6 Å². The Morgan fingerprint density at radius 3 is 2.55 bits per heavy atom. The Morgan fingerprint density at radius 2 is 1.86 bits per heavy atom. The zero-order valence-corrected chi connectivity index (χ0v) is 16.6. The number of rotatable bonds is 5. The molecule has 8 heteroatoms. The molecular formula is C21H26N6O2. The first-order valence-electron chi connectivity index (χ1n) is 10.1. The Labute approximate surface area is 170 Å². The number of hydrogen-bond donors (Lipinski definition) is 3. The summed E-state index contributed by atoms with van der Waals surface area (Å²) in [6.45, 7) is 4.44. The largest absolute Gasteiger partial charge is 0.356 e. The van der Waals surface area contributed by atoms with Gasteiger partial charge in [0.05, 0.1) is 5.92 Å². The van der Waals surface area contributed by atoms with Crippen LogP contribution in [0.25, 0.3) is 0 Å². The van der Waals surface area contributed by atoms with Gasteiger partial charge in [0, 0.05) is 49.2 Å². The van der Waals surface area contributed by atoms with E-state index in [0.717, 1.165) is 36.0 Å². The van der Waals surface area contributed by atoms with Gasteiger partial charge in [-0.15, -0.1) is 0 Å². The van der Waals surface area contributed by atoms with Crippen molar-refractivity contribution in [2.75, 3.05) is 35.2 Å². The van der Waals surface area contributed by atoms with Crippen LogP contribution in [0.5, 0.6) is 0 Å². The number of anilines is 4. The molecule has 2 amide bonds. The van der Waals surface area contributed by atoms with Crippen molar-refractivity contribution in [3.05, 3.63) is 36.0 Å². The van der Waals surface area contributed by atoms with Crippen LogP contribution in [-0.2, 0) is 9.59 Å². The zero-order chi connectivity index (χ0) is 20.2. The lowest BCUT2D eigenvalue weighted by molar-refractivity contribution is -0.126. The van der Waals surface area contributed by atoms with Crippen molar-refractivity contribution in [3.8, 4) is 0 Å². The van der Waals surface area contributed by atoms with Gasteiger partial charge in [0.1, 0.15) is 5.82 Å². The molecule has 1 atom stereocenters. The summed E-state index contributed by atoms with van der Waals surface area (Å²) in [5.41, 5.74) is 2.50. The van der Waals surface area contributed by atoms with Crippen LogP contribution in [0, 0.1) is 12.8 Å². The van der Waals surface area contributed by atoms with Crippen LogP contribution >= 0.6 is 0 Å². The number of hydrogen-bond acceptors (Lipinski definition) is 6. The Balaban J connectivity index is 1.38. The van der Waals surface area contributed by atoms with E-state index in [1.807, 2.05) is 37.3 Å². The number of nitrogens with one attached hydrogen (secondary N) is 3. The first-order valence-corrected chi connectivity index (χ1v) is 10.1. The van der Waals surface area contributed by atoms with Crippen molar-refractivity contribution in [1.82, 2.24) is 15.3 Å². The number of benzene rings is 1. The minimum Gasteiger partial charge on any atom is -0.356 e. The van der Waals surface area contributed by atoms with Gasteiger partial charge < -0.3 is 20.9 Å². The molecule has 2 aliphatic rings. The molecule has 0 unspecified atom stereocenters. The molecule has 3 N–H and O–H groups in total. The van der Waals surface area contributed by atoms with E-state index in [1.165, 1.54) is 12.8 Å². The van der Waals surface area contributed by atoms with Crippen molar-refractivity contribution >= 4 is 35.0 Å². The van der Waals surface area contributed by atoms with Crippen molar-refractivity contribution in [1.29, 1.82) is 0 Å². The fraction of sp³-hybridized carbons (Fsp3) is 0.429. The fourth-order valence-corrected chi connectivity index (χ4v) is 3.68. The van der Waals surface area contributed by atoms with E-state index in [1.54, 1.807) is 0 Å². The lowest BCUT2D eigenvalue weighted by Gasteiger charge is -2.21. The lowest BCUT2D eigenvalue weighted by Crippen LogP contribution is -2.40. The van der Waals surface area contributed by atoms with E-state index in [4.69, 9.17) is 0 Å². The second-order valence-electron chi connectivity index (χ2n) is 7.62. The van der Waals surface area contributed by atoms with E-state index < -0.39 is 0 Å². The monoisotopic (exact) mass is 394 g/mol. The van der Waals surface area contributed by atoms with Gasteiger partial charge in [-0.1, -0.05) is 0 Å². The Hall–Kier alpha value is -3.16. The normalized spacial score (nSPS) is 19.0. The van der Waals surface area contributed by atoms with Crippen LogP contribution in [0.4, 0.5) is 23.1 Å². The van der Waals surface area contributed by atoms with E-state index in [2.05, 4.69) is 30.8 Å². The third-order valence-electron chi connectivity index (χ3n) is 5.32. The number of carbonyl (C=O) groups excluding carboxylic acids is 2. The summed E-state index contributed by atoms with van der Waals surface area (Å²) < 4.78 is 0. The van der Waals surface area contributed by atoms with Crippen LogP contribution in [0.3, 0.4) is 0 Å². The summed E-state index contributed by atoms with van der Waals surface area (Å²) in [6, 6.07) is 9.49. The predicted molar refractivity (Wildman–Crippen MR) is 112 cm³/mol. The molecule has 29 heavy (non-hydrogen) atoms. The molecule has 1 aromatic heterocycles. The average Bonchev–Trinajstić information content (AvgIpc) is 3.24.